The molecule has 0 spiro atoms. The van der Waals surface area contributed by atoms with Crippen LogP contribution in [0.15, 0.2) is 48.6 Å². The molecule has 0 heterocycles. The van der Waals surface area contributed by atoms with E-state index in [4.69, 9.17) is 4.74 Å². The molecule has 184 valence electrons. The first-order valence-electron chi connectivity index (χ1n) is 12.5. The summed E-state index contributed by atoms with van der Waals surface area (Å²) in [5, 5.41) is 0. The summed E-state index contributed by atoms with van der Waals surface area (Å²) in [7, 11) is 0. The molecule has 0 bridgehead atoms. The van der Waals surface area contributed by atoms with Gasteiger partial charge in [0.2, 0.25) is 0 Å². The van der Waals surface area contributed by atoms with Gasteiger partial charge >= 0.3 is 6.11 Å². The maximum Gasteiger partial charge on any atom is 0.400 e. The smallest absolute Gasteiger partial charge is 0.400 e. The lowest BCUT2D eigenvalue weighted by atomic mass is 9.79. The first-order valence-corrected chi connectivity index (χ1v) is 12.5. The van der Waals surface area contributed by atoms with Crippen molar-refractivity contribution < 1.29 is 22.3 Å². The van der Waals surface area contributed by atoms with Gasteiger partial charge in [0, 0.05) is 11.6 Å². The third-order valence-corrected chi connectivity index (χ3v) is 7.64. The average Bonchev–Trinajstić information content (AvgIpc) is 2.81. The van der Waals surface area contributed by atoms with Crippen LogP contribution in [0.5, 0.6) is 5.75 Å². The Balaban J connectivity index is 1.33. The Kier molecular flexibility index (Phi) is 7.69. The van der Waals surface area contributed by atoms with Gasteiger partial charge in [-0.05, 0) is 92.5 Å². The Labute approximate surface area is 200 Å². The molecule has 1 nitrogen and oxygen atoms in total. The van der Waals surface area contributed by atoms with Crippen LogP contribution in [0, 0.1) is 42.2 Å². The highest BCUT2D eigenvalue weighted by Crippen LogP contribution is 2.41. The number of benzene rings is 2. The molecule has 2 aliphatic rings. The minimum Gasteiger partial charge on any atom is -0.432 e. The van der Waals surface area contributed by atoms with Gasteiger partial charge < -0.3 is 4.74 Å². The predicted molar refractivity (Wildman–Crippen MR) is 128 cm³/mol. The number of hydrogen-bond acceptors (Lipinski definition) is 1. The number of aryl methyl sites for hydroxylation is 1. The van der Waals surface area contributed by atoms with Crippen molar-refractivity contribution in [2.24, 2.45) is 23.7 Å². The average molecular weight is 475 g/mol. The number of halogens is 4. The standard InChI is InChI=1S/C29H34F4O/c1-19-3-6-21(7-4-19)8-9-22-10-13-24(14-11-22)29(32,33)34-25-15-16-26(28(31)18-25)23-12-5-20(2)27(30)17-23/h5,8-9,12,15-19,21-22,24H,3-4,6-7,10-11,13-14H2,1-2H3/b9-8+. The van der Waals surface area contributed by atoms with Crippen molar-refractivity contribution in [2.75, 3.05) is 0 Å². The summed E-state index contributed by atoms with van der Waals surface area (Å²) in [5.74, 6) is -0.470. The van der Waals surface area contributed by atoms with Gasteiger partial charge in [0.15, 0.2) is 0 Å². The molecule has 2 saturated carbocycles. The van der Waals surface area contributed by atoms with Crippen LogP contribution in [0.25, 0.3) is 11.1 Å². The van der Waals surface area contributed by atoms with Gasteiger partial charge in [0.1, 0.15) is 17.4 Å². The van der Waals surface area contributed by atoms with E-state index in [-0.39, 0.29) is 11.3 Å². The summed E-state index contributed by atoms with van der Waals surface area (Å²) in [4.78, 5) is 0. The maximum atomic E-state index is 14.9. The van der Waals surface area contributed by atoms with E-state index in [0.29, 0.717) is 35.8 Å². The normalized spacial score (nSPS) is 26.1. The van der Waals surface area contributed by atoms with Gasteiger partial charge in [-0.25, -0.2) is 8.78 Å². The molecule has 34 heavy (non-hydrogen) atoms. The SMILES string of the molecule is Cc1ccc(-c2ccc(OC(F)(F)C3CCC(/C=C/C4CCC(C)CC4)CC3)cc2F)cc1F. The van der Waals surface area contributed by atoms with Crippen LogP contribution < -0.4 is 4.74 Å². The first-order chi connectivity index (χ1) is 16.2. The van der Waals surface area contributed by atoms with Gasteiger partial charge in [0.25, 0.3) is 0 Å². The molecule has 0 radical (unpaired) electrons. The molecule has 0 unspecified atom stereocenters. The quantitative estimate of drug-likeness (QED) is 0.300. The van der Waals surface area contributed by atoms with Crippen LogP contribution in [-0.4, -0.2) is 6.11 Å². The second kappa shape index (κ2) is 10.5. The Morgan fingerprint density at radius 1 is 0.794 bits per heavy atom. The summed E-state index contributed by atoms with van der Waals surface area (Å²) in [6, 6.07) is 8.05. The number of allylic oxidation sites excluding steroid dienone is 2. The highest BCUT2D eigenvalue weighted by molar-refractivity contribution is 5.65. The molecular weight excluding hydrogens is 440 g/mol. The minimum atomic E-state index is -3.36. The molecule has 2 aliphatic carbocycles. The van der Waals surface area contributed by atoms with Gasteiger partial charge in [0.05, 0.1) is 5.92 Å². The first kappa shape index (κ1) is 24.8. The van der Waals surface area contributed by atoms with E-state index in [2.05, 4.69) is 19.1 Å². The number of hydrogen-bond donors (Lipinski definition) is 0. The molecule has 4 rings (SSSR count). The topological polar surface area (TPSA) is 9.23 Å². The van der Waals surface area contributed by atoms with Crippen molar-refractivity contribution in [2.45, 2.75) is 71.3 Å². The zero-order valence-corrected chi connectivity index (χ0v) is 20.0. The fourth-order valence-electron chi connectivity index (χ4n) is 5.23. The molecule has 5 heteroatoms. The molecule has 2 aromatic carbocycles. The van der Waals surface area contributed by atoms with E-state index in [1.807, 2.05) is 0 Å². The lowest BCUT2D eigenvalue weighted by molar-refractivity contribution is -0.223. The van der Waals surface area contributed by atoms with E-state index < -0.39 is 23.7 Å². The van der Waals surface area contributed by atoms with E-state index >= 15 is 0 Å². The van der Waals surface area contributed by atoms with Gasteiger partial charge in [-0.1, -0.05) is 44.1 Å². The third kappa shape index (κ3) is 6.03. The van der Waals surface area contributed by atoms with Gasteiger partial charge in [-0.3, -0.25) is 0 Å². The van der Waals surface area contributed by atoms with E-state index in [1.54, 1.807) is 19.1 Å². The molecule has 0 saturated heterocycles. The van der Waals surface area contributed by atoms with Crippen LogP contribution >= 0.6 is 0 Å². The molecule has 2 fully saturated rings. The van der Waals surface area contributed by atoms with E-state index in [0.717, 1.165) is 24.8 Å². The fourth-order valence-corrected chi connectivity index (χ4v) is 5.23. The minimum absolute atomic E-state index is 0.147. The van der Waals surface area contributed by atoms with Crippen LogP contribution in [0.4, 0.5) is 17.6 Å². The molecule has 0 amide bonds. The zero-order valence-electron chi connectivity index (χ0n) is 20.0. The van der Waals surface area contributed by atoms with Gasteiger partial charge in [-0.2, -0.15) is 8.78 Å². The maximum absolute atomic E-state index is 14.9. The zero-order chi connectivity index (χ0) is 24.3. The van der Waals surface area contributed by atoms with Crippen molar-refractivity contribution in [1.29, 1.82) is 0 Å². The fraction of sp³-hybridized carbons (Fsp3) is 0.517. The Morgan fingerprint density at radius 3 is 2.00 bits per heavy atom. The second-order valence-corrected chi connectivity index (χ2v) is 10.3. The van der Waals surface area contributed by atoms with E-state index in [9.17, 15) is 17.6 Å². The molecule has 0 atom stereocenters. The van der Waals surface area contributed by atoms with Crippen LogP contribution in [0.2, 0.25) is 0 Å². The summed E-state index contributed by atoms with van der Waals surface area (Å²) < 4.78 is 63.2. The summed E-state index contributed by atoms with van der Waals surface area (Å²) >= 11 is 0. The van der Waals surface area contributed by atoms with Crippen molar-refractivity contribution >= 4 is 0 Å². The number of ether oxygens (including phenoxy) is 1. The predicted octanol–water partition coefficient (Wildman–Crippen LogP) is 9.10. The molecular formula is C29H34F4O. The van der Waals surface area contributed by atoms with Crippen molar-refractivity contribution in [1.82, 2.24) is 0 Å². The molecule has 2 aromatic rings. The monoisotopic (exact) mass is 474 g/mol. The Hall–Kier alpha value is -2.30. The lowest BCUT2D eigenvalue weighted by Crippen LogP contribution is -2.37. The second-order valence-electron chi connectivity index (χ2n) is 10.3. The lowest BCUT2D eigenvalue weighted by Gasteiger charge is -2.32. The Morgan fingerprint density at radius 2 is 1.41 bits per heavy atom. The van der Waals surface area contributed by atoms with Crippen LogP contribution in [-0.2, 0) is 0 Å². The third-order valence-electron chi connectivity index (χ3n) is 7.64. The Bertz CT molecular complexity index is 999. The summed E-state index contributed by atoms with van der Waals surface area (Å²) in [6.45, 7) is 3.92. The van der Waals surface area contributed by atoms with Crippen molar-refractivity contribution in [3.05, 3.63) is 65.7 Å². The molecule has 0 aliphatic heterocycles. The molecule has 0 N–H and O–H groups in total. The molecule has 0 aromatic heterocycles. The number of alkyl halides is 2. The van der Waals surface area contributed by atoms with Crippen molar-refractivity contribution in [3.8, 4) is 16.9 Å². The van der Waals surface area contributed by atoms with E-state index in [1.165, 1.54) is 43.9 Å². The summed E-state index contributed by atoms with van der Waals surface area (Å²) in [5.41, 5.74) is 0.958. The largest absolute Gasteiger partial charge is 0.432 e. The highest BCUT2D eigenvalue weighted by atomic mass is 19.3. The number of rotatable bonds is 6. The highest BCUT2D eigenvalue weighted by Gasteiger charge is 2.43. The summed E-state index contributed by atoms with van der Waals surface area (Å²) in [6.07, 6.45) is 8.40. The van der Waals surface area contributed by atoms with Crippen LogP contribution in [0.1, 0.15) is 63.9 Å². The van der Waals surface area contributed by atoms with Gasteiger partial charge in [-0.15, -0.1) is 0 Å². The van der Waals surface area contributed by atoms with Crippen LogP contribution in [0.3, 0.4) is 0 Å². The van der Waals surface area contributed by atoms with Crippen molar-refractivity contribution in [3.63, 3.8) is 0 Å².